The second-order valence-electron chi connectivity index (χ2n) is 4.16. The van der Waals surface area contributed by atoms with Crippen LogP contribution in [0.15, 0.2) is 52.3 Å². The van der Waals surface area contributed by atoms with Crippen molar-refractivity contribution in [1.82, 2.24) is 0 Å². The van der Waals surface area contributed by atoms with Gasteiger partial charge in [0.15, 0.2) is 0 Å². The van der Waals surface area contributed by atoms with Gasteiger partial charge >= 0.3 is 0 Å². The van der Waals surface area contributed by atoms with Crippen molar-refractivity contribution in [2.75, 3.05) is 0 Å². The standard InChI is InChI=1S/C15H15ClOS/c1-3-12-4-7-15(10-11(12)2)18(17)14-8-5-13(16)6-9-14/h4-10H,3H2,1-2H3. The summed E-state index contributed by atoms with van der Waals surface area (Å²) in [5, 5.41) is 0.660. The molecule has 0 aromatic heterocycles. The normalized spacial score (nSPS) is 12.4. The third-order valence-corrected chi connectivity index (χ3v) is 4.57. The fraction of sp³-hybridized carbons (Fsp3) is 0.200. The van der Waals surface area contributed by atoms with Crippen molar-refractivity contribution < 1.29 is 4.21 Å². The molecule has 2 rings (SSSR count). The highest BCUT2D eigenvalue weighted by Gasteiger charge is 2.08. The molecule has 0 heterocycles. The van der Waals surface area contributed by atoms with E-state index in [-0.39, 0.29) is 0 Å². The van der Waals surface area contributed by atoms with E-state index in [9.17, 15) is 4.21 Å². The predicted molar refractivity (Wildman–Crippen MR) is 76.7 cm³/mol. The smallest absolute Gasteiger partial charge is 0.0849 e. The SMILES string of the molecule is CCc1ccc(S(=O)c2ccc(Cl)cc2)cc1C. The number of rotatable bonds is 3. The van der Waals surface area contributed by atoms with E-state index in [1.165, 1.54) is 11.1 Å². The summed E-state index contributed by atoms with van der Waals surface area (Å²) in [4.78, 5) is 1.62. The zero-order valence-electron chi connectivity index (χ0n) is 10.4. The first-order valence-electron chi connectivity index (χ1n) is 5.88. The average molecular weight is 279 g/mol. The van der Waals surface area contributed by atoms with Crippen LogP contribution in [0.25, 0.3) is 0 Å². The lowest BCUT2D eigenvalue weighted by Gasteiger charge is -2.07. The molecule has 0 bridgehead atoms. The molecule has 0 aliphatic heterocycles. The first-order chi connectivity index (χ1) is 8.61. The van der Waals surface area contributed by atoms with Gasteiger partial charge in [-0.3, -0.25) is 0 Å². The predicted octanol–water partition coefficient (Wildman–Crippen LogP) is 4.38. The second-order valence-corrected chi connectivity index (χ2v) is 6.08. The Morgan fingerprint density at radius 1 is 1.06 bits per heavy atom. The first kappa shape index (κ1) is 13.3. The van der Waals surface area contributed by atoms with E-state index in [1.54, 1.807) is 12.1 Å². The fourth-order valence-electron chi connectivity index (χ4n) is 1.87. The summed E-state index contributed by atoms with van der Waals surface area (Å²) < 4.78 is 12.4. The van der Waals surface area contributed by atoms with Crippen molar-refractivity contribution in [3.63, 3.8) is 0 Å². The van der Waals surface area contributed by atoms with Crippen molar-refractivity contribution in [2.45, 2.75) is 30.1 Å². The summed E-state index contributed by atoms with van der Waals surface area (Å²) in [6.45, 7) is 4.18. The van der Waals surface area contributed by atoms with E-state index in [0.29, 0.717) is 5.02 Å². The fourth-order valence-corrected chi connectivity index (χ4v) is 3.13. The number of aryl methyl sites for hydroxylation is 2. The van der Waals surface area contributed by atoms with Crippen LogP contribution in [0.2, 0.25) is 5.02 Å². The molecule has 0 fully saturated rings. The van der Waals surface area contributed by atoms with Crippen LogP contribution in [-0.4, -0.2) is 4.21 Å². The van der Waals surface area contributed by atoms with Crippen LogP contribution in [-0.2, 0) is 17.2 Å². The van der Waals surface area contributed by atoms with Crippen LogP contribution in [0.5, 0.6) is 0 Å². The lowest BCUT2D eigenvalue weighted by Crippen LogP contribution is -1.95. The second kappa shape index (κ2) is 5.68. The van der Waals surface area contributed by atoms with E-state index < -0.39 is 10.8 Å². The van der Waals surface area contributed by atoms with Gasteiger partial charge in [0.1, 0.15) is 0 Å². The molecule has 2 aromatic carbocycles. The van der Waals surface area contributed by atoms with Crippen molar-refractivity contribution >= 4 is 22.4 Å². The molecule has 3 heteroatoms. The lowest BCUT2D eigenvalue weighted by atomic mass is 10.1. The van der Waals surface area contributed by atoms with Crippen molar-refractivity contribution in [3.05, 3.63) is 58.6 Å². The molecule has 0 aliphatic carbocycles. The van der Waals surface area contributed by atoms with Gasteiger partial charge in [0.25, 0.3) is 0 Å². The summed E-state index contributed by atoms with van der Waals surface area (Å²) in [6.07, 6.45) is 1.000. The van der Waals surface area contributed by atoms with E-state index in [0.717, 1.165) is 16.2 Å². The van der Waals surface area contributed by atoms with Crippen molar-refractivity contribution in [2.24, 2.45) is 0 Å². The quantitative estimate of drug-likeness (QED) is 0.814. The Labute approximate surface area is 115 Å². The summed E-state index contributed by atoms with van der Waals surface area (Å²) >= 11 is 5.83. The van der Waals surface area contributed by atoms with Crippen LogP contribution in [0, 0.1) is 6.92 Å². The van der Waals surface area contributed by atoms with E-state index >= 15 is 0 Å². The van der Waals surface area contributed by atoms with E-state index in [4.69, 9.17) is 11.6 Å². The molecular formula is C15H15ClOS. The summed E-state index contributed by atoms with van der Waals surface area (Å²) in [5.74, 6) is 0. The molecule has 0 N–H and O–H groups in total. The van der Waals surface area contributed by atoms with Gasteiger partial charge < -0.3 is 0 Å². The Balaban J connectivity index is 2.34. The van der Waals surface area contributed by atoms with Gasteiger partial charge in [-0.15, -0.1) is 0 Å². The molecule has 18 heavy (non-hydrogen) atoms. The highest BCUT2D eigenvalue weighted by atomic mass is 35.5. The Bertz CT molecular complexity index is 576. The molecule has 1 atom stereocenters. The minimum Gasteiger partial charge on any atom is -0.249 e. The molecule has 0 amide bonds. The van der Waals surface area contributed by atoms with Crippen LogP contribution in [0.1, 0.15) is 18.1 Å². The molecule has 0 saturated carbocycles. The third-order valence-electron chi connectivity index (χ3n) is 2.94. The van der Waals surface area contributed by atoms with E-state index in [2.05, 4.69) is 19.9 Å². The van der Waals surface area contributed by atoms with Crippen LogP contribution in [0.3, 0.4) is 0 Å². The van der Waals surface area contributed by atoms with Gasteiger partial charge in [-0.1, -0.05) is 24.6 Å². The molecular weight excluding hydrogens is 264 g/mol. The molecule has 0 aliphatic rings. The molecule has 0 radical (unpaired) electrons. The highest BCUT2D eigenvalue weighted by Crippen LogP contribution is 2.21. The third kappa shape index (κ3) is 2.82. The lowest BCUT2D eigenvalue weighted by molar-refractivity contribution is 0.683. The molecule has 0 spiro atoms. The average Bonchev–Trinajstić information content (AvgIpc) is 2.38. The molecule has 2 aromatic rings. The maximum atomic E-state index is 12.4. The van der Waals surface area contributed by atoms with Gasteiger partial charge in [0.05, 0.1) is 10.8 Å². The van der Waals surface area contributed by atoms with Gasteiger partial charge in [-0.05, 0) is 60.9 Å². The monoisotopic (exact) mass is 278 g/mol. The number of hydrogen-bond donors (Lipinski definition) is 0. The molecule has 1 unspecified atom stereocenters. The van der Waals surface area contributed by atoms with Gasteiger partial charge in [0.2, 0.25) is 0 Å². The van der Waals surface area contributed by atoms with Crippen LogP contribution in [0.4, 0.5) is 0 Å². The zero-order chi connectivity index (χ0) is 13.1. The minimum atomic E-state index is -1.13. The van der Waals surface area contributed by atoms with Gasteiger partial charge in [-0.25, -0.2) is 4.21 Å². The Kier molecular flexibility index (Phi) is 4.20. The highest BCUT2D eigenvalue weighted by molar-refractivity contribution is 7.85. The van der Waals surface area contributed by atoms with Crippen molar-refractivity contribution in [1.29, 1.82) is 0 Å². The summed E-state index contributed by atoms with van der Waals surface area (Å²) in [5.41, 5.74) is 2.49. The largest absolute Gasteiger partial charge is 0.249 e. The number of halogens is 1. The van der Waals surface area contributed by atoms with Crippen molar-refractivity contribution in [3.8, 4) is 0 Å². The van der Waals surface area contributed by atoms with E-state index in [1.807, 2.05) is 24.3 Å². The Hall–Kier alpha value is -1.12. The minimum absolute atomic E-state index is 0.660. The topological polar surface area (TPSA) is 17.1 Å². The van der Waals surface area contributed by atoms with Crippen LogP contribution >= 0.6 is 11.6 Å². The molecule has 0 saturated heterocycles. The van der Waals surface area contributed by atoms with Gasteiger partial charge in [-0.2, -0.15) is 0 Å². The maximum absolute atomic E-state index is 12.4. The van der Waals surface area contributed by atoms with Crippen LogP contribution < -0.4 is 0 Å². The summed E-state index contributed by atoms with van der Waals surface area (Å²) in [6, 6.07) is 13.1. The Morgan fingerprint density at radius 2 is 1.67 bits per heavy atom. The molecule has 1 nitrogen and oxygen atoms in total. The van der Waals surface area contributed by atoms with Gasteiger partial charge in [0, 0.05) is 14.8 Å². The summed E-state index contributed by atoms with van der Waals surface area (Å²) in [7, 11) is -1.13. The zero-order valence-corrected chi connectivity index (χ0v) is 12.0. The maximum Gasteiger partial charge on any atom is 0.0849 e. The number of benzene rings is 2. The molecule has 94 valence electrons. The Morgan fingerprint density at radius 3 is 2.22 bits per heavy atom. The first-order valence-corrected chi connectivity index (χ1v) is 7.41. The number of hydrogen-bond acceptors (Lipinski definition) is 1.